The Kier molecular flexibility index (Phi) is 8.69. The van der Waals surface area contributed by atoms with Crippen LogP contribution in [0.2, 0.25) is 0 Å². The van der Waals surface area contributed by atoms with E-state index in [4.69, 9.17) is 9.98 Å². The molecule has 26 heavy (non-hydrogen) atoms. The van der Waals surface area contributed by atoms with Crippen LogP contribution in [0.15, 0.2) is 40.7 Å². The summed E-state index contributed by atoms with van der Waals surface area (Å²) in [5.41, 5.74) is 2.18. The number of hydrogen-bond acceptors (Lipinski definition) is 4. The summed E-state index contributed by atoms with van der Waals surface area (Å²) in [4.78, 5) is 9.43. The number of benzene rings is 1. The Labute approximate surface area is 181 Å². The summed E-state index contributed by atoms with van der Waals surface area (Å²) in [5, 5.41) is 10.00. The standard InChI is InChI=1S/C19H26N4S2.HI/c1-3-20-18(22-14-19(2)10-7-11-25-19)21-12-16-13-24-17(23-16)15-8-5-4-6-9-15;/h4-6,8-9,13H,3,7,10-12,14H2,1-2H3,(H2,20,21,22);1H. The van der Waals surface area contributed by atoms with Gasteiger partial charge in [0.25, 0.3) is 0 Å². The highest BCUT2D eigenvalue weighted by molar-refractivity contribution is 14.0. The van der Waals surface area contributed by atoms with E-state index in [0.717, 1.165) is 29.8 Å². The SMILES string of the molecule is CCNC(=NCc1csc(-c2ccccc2)n1)NCC1(C)CCCS1.I. The van der Waals surface area contributed by atoms with Gasteiger partial charge in [-0.15, -0.1) is 35.3 Å². The molecule has 0 aliphatic carbocycles. The summed E-state index contributed by atoms with van der Waals surface area (Å²) in [5.74, 6) is 2.15. The number of thioether (sulfide) groups is 1. The molecule has 0 amide bonds. The predicted molar refractivity (Wildman–Crippen MR) is 126 cm³/mol. The molecule has 142 valence electrons. The van der Waals surface area contributed by atoms with Crippen LogP contribution in [0.4, 0.5) is 0 Å². The highest BCUT2D eigenvalue weighted by atomic mass is 127. The third kappa shape index (κ3) is 6.13. The fourth-order valence-electron chi connectivity index (χ4n) is 2.84. The maximum Gasteiger partial charge on any atom is 0.191 e. The molecule has 1 aromatic heterocycles. The molecule has 0 saturated carbocycles. The molecule has 1 atom stereocenters. The minimum Gasteiger partial charge on any atom is -0.357 e. The van der Waals surface area contributed by atoms with Crippen LogP contribution < -0.4 is 10.6 Å². The lowest BCUT2D eigenvalue weighted by molar-refractivity contribution is 0.584. The lowest BCUT2D eigenvalue weighted by Gasteiger charge is -2.24. The molecular weight excluding hydrogens is 475 g/mol. The van der Waals surface area contributed by atoms with E-state index in [9.17, 15) is 0 Å². The van der Waals surface area contributed by atoms with Crippen LogP contribution >= 0.6 is 47.1 Å². The normalized spacial score (nSPS) is 19.8. The van der Waals surface area contributed by atoms with Crippen LogP contribution in [0.25, 0.3) is 10.6 Å². The molecule has 1 aromatic carbocycles. The molecule has 1 aliphatic rings. The van der Waals surface area contributed by atoms with E-state index in [1.54, 1.807) is 11.3 Å². The number of nitrogens with one attached hydrogen (secondary N) is 2. The maximum atomic E-state index is 4.72. The van der Waals surface area contributed by atoms with Crippen molar-refractivity contribution in [3.8, 4) is 10.6 Å². The topological polar surface area (TPSA) is 49.3 Å². The molecule has 2 aromatic rings. The number of halogens is 1. The molecule has 1 unspecified atom stereocenters. The van der Waals surface area contributed by atoms with Crippen LogP contribution in [-0.4, -0.2) is 34.5 Å². The van der Waals surface area contributed by atoms with Crippen LogP contribution in [-0.2, 0) is 6.54 Å². The third-order valence-corrected chi connectivity index (χ3v) is 6.72. The summed E-state index contributed by atoms with van der Waals surface area (Å²) in [6, 6.07) is 10.3. The van der Waals surface area contributed by atoms with Crippen molar-refractivity contribution in [2.24, 2.45) is 4.99 Å². The number of thiazole rings is 1. The molecule has 4 nitrogen and oxygen atoms in total. The van der Waals surface area contributed by atoms with E-state index >= 15 is 0 Å². The number of nitrogens with zero attached hydrogens (tertiary/aromatic N) is 2. The fourth-order valence-corrected chi connectivity index (χ4v) is 4.90. The van der Waals surface area contributed by atoms with Gasteiger partial charge in [0.2, 0.25) is 0 Å². The van der Waals surface area contributed by atoms with Crippen molar-refractivity contribution < 1.29 is 0 Å². The van der Waals surface area contributed by atoms with Crippen molar-refractivity contribution >= 4 is 53.0 Å². The molecular formula is C19H27IN4S2. The van der Waals surface area contributed by atoms with Gasteiger partial charge in [-0.1, -0.05) is 30.3 Å². The quantitative estimate of drug-likeness (QED) is 0.340. The zero-order valence-electron chi connectivity index (χ0n) is 15.3. The number of aliphatic imine (C=N–C) groups is 1. The van der Waals surface area contributed by atoms with Gasteiger partial charge < -0.3 is 10.6 Å². The summed E-state index contributed by atoms with van der Waals surface area (Å²) in [7, 11) is 0. The van der Waals surface area contributed by atoms with Gasteiger partial charge in [-0.25, -0.2) is 9.98 Å². The fraction of sp³-hybridized carbons (Fsp3) is 0.474. The molecule has 0 radical (unpaired) electrons. The van der Waals surface area contributed by atoms with Gasteiger partial charge >= 0.3 is 0 Å². The molecule has 1 aliphatic heterocycles. The second kappa shape index (κ2) is 10.5. The molecule has 3 rings (SSSR count). The third-order valence-electron chi connectivity index (χ3n) is 4.25. The van der Waals surface area contributed by atoms with Gasteiger partial charge in [0.05, 0.1) is 12.2 Å². The lowest BCUT2D eigenvalue weighted by Crippen LogP contribution is -2.43. The van der Waals surface area contributed by atoms with Gasteiger partial charge in [0.15, 0.2) is 5.96 Å². The molecule has 7 heteroatoms. The van der Waals surface area contributed by atoms with Gasteiger partial charge in [0, 0.05) is 28.8 Å². The van der Waals surface area contributed by atoms with E-state index in [1.165, 1.54) is 24.2 Å². The van der Waals surface area contributed by atoms with Gasteiger partial charge in [-0.2, -0.15) is 11.8 Å². The van der Waals surface area contributed by atoms with Gasteiger partial charge in [-0.05, 0) is 32.4 Å². The Morgan fingerprint density at radius 1 is 1.27 bits per heavy atom. The van der Waals surface area contributed by atoms with E-state index in [2.05, 4.69) is 53.8 Å². The van der Waals surface area contributed by atoms with Gasteiger partial charge in [-0.3, -0.25) is 0 Å². The van der Waals surface area contributed by atoms with E-state index in [1.807, 2.05) is 18.2 Å². The average Bonchev–Trinajstić information content (AvgIpc) is 3.28. The highest BCUT2D eigenvalue weighted by Gasteiger charge is 2.29. The zero-order valence-corrected chi connectivity index (χ0v) is 19.3. The summed E-state index contributed by atoms with van der Waals surface area (Å²) < 4.78 is 0.331. The molecule has 2 N–H and O–H groups in total. The first-order valence-corrected chi connectivity index (χ1v) is 10.7. The maximum absolute atomic E-state index is 4.72. The Bertz CT molecular complexity index is 697. The van der Waals surface area contributed by atoms with Crippen molar-refractivity contribution in [3.05, 3.63) is 41.4 Å². The van der Waals surface area contributed by atoms with Crippen molar-refractivity contribution in [1.29, 1.82) is 0 Å². The smallest absolute Gasteiger partial charge is 0.191 e. The zero-order chi connectivity index (χ0) is 17.5. The molecule has 1 fully saturated rings. The van der Waals surface area contributed by atoms with E-state index in [-0.39, 0.29) is 24.0 Å². The molecule has 1 saturated heterocycles. The molecule has 0 bridgehead atoms. The summed E-state index contributed by atoms with van der Waals surface area (Å²) in [6.45, 7) is 6.85. The Balaban J connectivity index is 0.00000243. The number of hydrogen-bond donors (Lipinski definition) is 2. The summed E-state index contributed by atoms with van der Waals surface area (Å²) in [6.07, 6.45) is 2.59. The van der Waals surface area contributed by atoms with Gasteiger partial charge in [0.1, 0.15) is 5.01 Å². The Morgan fingerprint density at radius 3 is 2.77 bits per heavy atom. The monoisotopic (exact) mass is 502 g/mol. The largest absolute Gasteiger partial charge is 0.357 e. The second-order valence-corrected chi connectivity index (χ2v) is 9.00. The molecule has 2 heterocycles. The minimum absolute atomic E-state index is 0. The first kappa shape index (κ1) is 21.5. The predicted octanol–water partition coefficient (Wildman–Crippen LogP) is 4.77. The van der Waals surface area contributed by atoms with E-state index in [0.29, 0.717) is 11.3 Å². The first-order valence-electron chi connectivity index (χ1n) is 8.84. The van der Waals surface area contributed by atoms with E-state index < -0.39 is 0 Å². The second-order valence-electron chi connectivity index (χ2n) is 6.46. The number of aromatic nitrogens is 1. The van der Waals surface area contributed by atoms with Crippen LogP contribution in [0.5, 0.6) is 0 Å². The molecule has 0 spiro atoms. The highest BCUT2D eigenvalue weighted by Crippen LogP contribution is 2.36. The summed E-state index contributed by atoms with van der Waals surface area (Å²) >= 11 is 3.74. The van der Waals surface area contributed by atoms with Crippen molar-refractivity contribution in [1.82, 2.24) is 15.6 Å². The Morgan fingerprint density at radius 2 is 2.08 bits per heavy atom. The van der Waals surface area contributed by atoms with Crippen molar-refractivity contribution in [2.45, 2.75) is 38.0 Å². The number of guanidine groups is 1. The number of rotatable bonds is 6. The van der Waals surface area contributed by atoms with Crippen LogP contribution in [0.3, 0.4) is 0 Å². The Hall–Kier alpha value is -0.800. The van der Waals surface area contributed by atoms with Crippen LogP contribution in [0.1, 0.15) is 32.4 Å². The minimum atomic E-state index is 0. The lowest BCUT2D eigenvalue weighted by atomic mass is 10.1. The van der Waals surface area contributed by atoms with Crippen molar-refractivity contribution in [3.63, 3.8) is 0 Å². The van der Waals surface area contributed by atoms with Crippen molar-refractivity contribution in [2.75, 3.05) is 18.8 Å². The van der Waals surface area contributed by atoms with Crippen LogP contribution in [0, 0.1) is 0 Å². The first-order chi connectivity index (χ1) is 12.2. The average molecular weight is 502 g/mol.